The van der Waals surface area contributed by atoms with E-state index in [1.165, 1.54) is 6.92 Å². The van der Waals surface area contributed by atoms with Gasteiger partial charge < -0.3 is 20.2 Å². The minimum Gasteiger partial charge on any atom is -0.435 e. The van der Waals surface area contributed by atoms with Crippen LogP contribution in [-0.4, -0.2) is 49.4 Å². The molecule has 0 radical (unpaired) electrons. The third-order valence-electron chi connectivity index (χ3n) is 5.00. The topological polar surface area (TPSA) is 134 Å². The van der Waals surface area contributed by atoms with Crippen molar-refractivity contribution < 1.29 is 31.5 Å². The van der Waals surface area contributed by atoms with E-state index in [-0.39, 0.29) is 30.1 Å². The third kappa shape index (κ3) is 8.50. The monoisotopic (exact) mass is 634 g/mol. The van der Waals surface area contributed by atoms with Gasteiger partial charge in [0, 0.05) is 22.7 Å². The fourth-order valence-electron chi connectivity index (χ4n) is 3.41. The van der Waals surface area contributed by atoms with Gasteiger partial charge in [0.15, 0.2) is 5.82 Å². The number of aromatic nitrogens is 1. The molecular formula is C23H25F2IN4O5S. The number of anilines is 1. The molecule has 2 atom stereocenters. The molecule has 0 aliphatic rings. The number of oxazole rings is 1. The summed E-state index contributed by atoms with van der Waals surface area (Å²) in [5.41, 5.74) is 1.21. The Morgan fingerprint density at radius 2 is 1.86 bits per heavy atom. The van der Waals surface area contributed by atoms with E-state index in [2.05, 4.69) is 42.9 Å². The maximum Gasteiger partial charge on any atom is 0.307 e. The number of rotatable bonds is 11. The fourth-order valence-corrected chi connectivity index (χ4v) is 4.56. The summed E-state index contributed by atoms with van der Waals surface area (Å²) < 4.78 is 58.9. The number of sulfonamides is 1. The Morgan fingerprint density at radius 1 is 1.17 bits per heavy atom. The minimum absolute atomic E-state index is 0.0553. The zero-order chi connectivity index (χ0) is 26.5. The van der Waals surface area contributed by atoms with Crippen LogP contribution >= 0.6 is 22.6 Å². The fraction of sp³-hybridized carbons (Fsp3) is 0.304. The highest BCUT2D eigenvalue weighted by Crippen LogP contribution is 2.18. The van der Waals surface area contributed by atoms with E-state index in [1.807, 2.05) is 24.3 Å². The van der Waals surface area contributed by atoms with Crippen molar-refractivity contribution in [2.75, 3.05) is 17.5 Å². The van der Waals surface area contributed by atoms with Crippen LogP contribution in [0.2, 0.25) is 0 Å². The van der Waals surface area contributed by atoms with Crippen LogP contribution in [0, 0.1) is 22.1 Å². The summed E-state index contributed by atoms with van der Waals surface area (Å²) in [6.07, 6.45) is -0.331. The Hall–Kier alpha value is -2.62. The first-order valence-corrected chi connectivity index (χ1v) is 13.7. The van der Waals surface area contributed by atoms with Gasteiger partial charge >= 0.3 is 5.91 Å². The van der Waals surface area contributed by atoms with Crippen LogP contribution < -0.4 is 15.4 Å². The van der Waals surface area contributed by atoms with Crippen LogP contribution in [0.3, 0.4) is 0 Å². The van der Waals surface area contributed by atoms with Gasteiger partial charge in [0.25, 0.3) is 5.89 Å². The smallest absolute Gasteiger partial charge is 0.307 e. The lowest BCUT2D eigenvalue weighted by molar-refractivity contribution is 0.0797. The second kappa shape index (κ2) is 12.1. The predicted molar refractivity (Wildman–Crippen MR) is 138 cm³/mol. The zero-order valence-electron chi connectivity index (χ0n) is 19.4. The molecule has 0 fully saturated rings. The molecule has 0 aliphatic carbocycles. The number of aryl methyl sites for hydroxylation is 1. The number of hydrogen-bond donors (Lipinski definition) is 4. The predicted octanol–water partition coefficient (Wildman–Crippen LogP) is 2.73. The molecular weight excluding hydrogens is 609 g/mol. The van der Waals surface area contributed by atoms with Gasteiger partial charge in [0.2, 0.25) is 10.0 Å². The lowest BCUT2D eigenvalue weighted by Crippen LogP contribution is -2.48. The highest BCUT2D eigenvalue weighted by atomic mass is 127. The van der Waals surface area contributed by atoms with Crippen LogP contribution in [0.15, 0.2) is 46.9 Å². The molecule has 1 amide bonds. The van der Waals surface area contributed by atoms with Crippen molar-refractivity contribution in [3.05, 3.63) is 80.4 Å². The SMILES string of the molecule is Cc1oc(C(=O)N[C@@H](Cc2cc(F)cc(F)c2)[C@H](O)CNCc2cccc(I)c2)nc1NS(C)(=O)=O. The maximum absolute atomic E-state index is 13.7. The van der Waals surface area contributed by atoms with E-state index < -0.39 is 45.6 Å². The lowest BCUT2D eigenvalue weighted by Gasteiger charge is -2.24. The molecule has 2 aromatic carbocycles. The maximum atomic E-state index is 13.7. The Balaban J connectivity index is 1.75. The van der Waals surface area contributed by atoms with Crippen molar-refractivity contribution in [1.29, 1.82) is 0 Å². The highest BCUT2D eigenvalue weighted by molar-refractivity contribution is 14.1. The molecule has 4 N–H and O–H groups in total. The summed E-state index contributed by atoms with van der Waals surface area (Å²) in [6.45, 7) is 1.93. The van der Waals surface area contributed by atoms with E-state index in [4.69, 9.17) is 4.42 Å². The van der Waals surface area contributed by atoms with Crippen molar-refractivity contribution in [2.45, 2.75) is 32.0 Å². The van der Waals surface area contributed by atoms with Crippen molar-refractivity contribution in [3.8, 4) is 0 Å². The summed E-state index contributed by atoms with van der Waals surface area (Å²) in [7, 11) is -3.66. The van der Waals surface area contributed by atoms with Gasteiger partial charge in [-0.15, -0.1) is 0 Å². The van der Waals surface area contributed by atoms with Gasteiger partial charge in [0.1, 0.15) is 17.4 Å². The zero-order valence-corrected chi connectivity index (χ0v) is 22.4. The first-order chi connectivity index (χ1) is 16.9. The minimum atomic E-state index is -3.66. The molecule has 0 saturated carbocycles. The number of aliphatic hydroxyl groups is 1. The molecule has 1 heterocycles. The van der Waals surface area contributed by atoms with Crippen molar-refractivity contribution >= 4 is 44.3 Å². The first-order valence-electron chi connectivity index (χ1n) is 10.7. The molecule has 0 spiro atoms. The second-order valence-corrected chi connectivity index (χ2v) is 11.2. The van der Waals surface area contributed by atoms with Gasteiger partial charge in [-0.05, 0) is 71.3 Å². The van der Waals surface area contributed by atoms with Gasteiger partial charge in [-0.1, -0.05) is 12.1 Å². The largest absolute Gasteiger partial charge is 0.435 e. The summed E-state index contributed by atoms with van der Waals surface area (Å²) >= 11 is 2.19. The number of aliphatic hydroxyl groups excluding tert-OH is 1. The lowest BCUT2D eigenvalue weighted by atomic mass is 10.0. The molecule has 194 valence electrons. The Labute approximate surface area is 220 Å². The molecule has 0 saturated heterocycles. The van der Waals surface area contributed by atoms with E-state index in [0.29, 0.717) is 6.54 Å². The van der Waals surface area contributed by atoms with E-state index >= 15 is 0 Å². The number of nitrogens with one attached hydrogen (secondary N) is 3. The van der Waals surface area contributed by atoms with Crippen LogP contribution in [0.5, 0.6) is 0 Å². The number of halogens is 3. The third-order valence-corrected chi connectivity index (χ3v) is 6.24. The average molecular weight is 634 g/mol. The number of carbonyl (C=O) groups excluding carboxylic acids is 1. The quantitative estimate of drug-likeness (QED) is 0.239. The van der Waals surface area contributed by atoms with Crippen LogP contribution in [0.4, 0.5) is 14.6 Å². The molecule has 36 heavy (non-hydrogen) atoms. The molecule has 9 nitrogen and oxygen atoms in total. The highest BCUT2D eigenvalue weighted by Gasteiger charge is 2.26. The molecule has 3 aromatic rings. The number of amides is 1. The number of nitrogens with zero attached hydrogens (tertiary/aromatic N) is 1. The summed E-state index contributed by atoms with van der Waals surface area (Å²) in [4.78, 5) is 16.7. The van der Waals surface area contributed by atoms with Gasteiger partial charge in [-0.3, -0.25) is 9.52 Å². The van der Waals surface area contributed by atoms with E-state index in [9.17, 15) is 27.1 Å². The molecule has 1 aromatic heterocycles. The van der Waals surface area contributed by atoms with Crippen molar-refractivity contribution in [3.63, 3.8) is 0 Å². The Bertz CT molecular complexity index is 1320. The van der Waals surface area contributed by atoms with Crippen LogP contribution in [-0.2, 0) is 23.0 Å². The molecule has 0 aliphatic heterocycles. The van der Waals surface area contributed by atoms with Crippen molar-refractivity contribution in [1.82, 2.24) is 15.6 Å². The molecule has 0 unspecified atom stereocenters. The average Bonchev–Trinajstić information content (AvgIpc) is 3.11. The summed E-state index contributed by atoms with van der Waals surface area (Å²) in [6, 6.07) is 9.70. The second-order valence-electron chi connectivity index (χ2n) is 8.19. The number of hydrogen-bond acceptors (Lipinski definition) is 7. The van der Waals surface area contributed by atoms with E-state index in [1.54, 1.807) is 0 Å². The molecule has 13 heteroatoms. The normalized spacial score (nSPS) is 13.3. The Kier molecular flexibility index (Phi) is 9.38. The van der Waals surface area contributed by atoms with Crippen LogP contribution in [0.1, 0.15) is 27.6 Å². The Morgan fingerprint density at radius 3 is 2.50 bits per heavy atom. The number of carbonyl (C=O) groups is 1. The number of benzene rings is 2. The van der Waals surface area contributed by atoms with Gasteiger partial charge in [-0.2, -0.15) is 4.98 Å². The molecule has 3 rings (SSSR count). The summed E-state index contributed by atoms with van der Waals surface area (Å²) in [5.74, 6) is -2.94. The molecule has 0 bridgehead atoms. The standard InChI is InChI=1S/C23H25F2IN4O5S/c1-13-21(30-36(2,33)34)29-23(35-13)22(32)28-19(9-15-6-16(24)10-17(25)7-15)20(31)12-27-11-14-4-3-5-18(26)8-14/h3-8,10,19-20,27,30-31H,9,11-12H2,1-2H3,(H,28,32)/t19-,20+/m0/s1. The van der Waals surface area contributed by atoms with E-state index in [0.717, 1.165) is 33.6 Å². The van der Waals surface area contributed by atoms with Crippen molar-refractivity contribution in [2.24, 2.45) is 0 Å². The van der Waals surface area contributed by atoms with Gasteiger partial charge in [0.05, 0.1) is 18.4 Å². The van der Waals surface area contributed by atoms with Crippen LogP contribution in [0.25, 0.3) is 0 Å². The summed E-state index contributed by atoms with van der Waals surface area (Å²) in [5, 5.41) is 16.5. The first kappa shape index (κ1) is 28.0. The van der Waals surface area contributed by atoms with Gasteiger partial charge in [-0.25, -0.2) is 17.2 Å².